The van der Waals surface area contributed by atoms with Gasteiger partial charge in [0.25, 0.3) is 0 Å². The second-order valence-corrected chi connectivity index (χ2v) is 6.56. The monoisotopic (exact) mass is 426 g/mol. The molecule has 122 valence electrons. The highest BCUT2D eigenvalue weighted by atomic mass is 127. The smallest absolute Gasteiger partial charge is 0.140 e. The summed E-state index contributed by atoms with van der Waals surface area (Å²) >= 11 is 1.96. The van der Waals surface area contributed by atoms with Gasteiger partial charge in [0.05, 0.1) is 12.0 Å². The summed E-state index contributed by atoms with van der Waals surface area (Å²) in [7, 11) is 1.98. The Morgan fingerprint density at radius 3 is 2.61 bits per heavy atom. The molecule has 0 unspecified atom stereocenters. The lowest BCUT2D eigenvalue weighted by molar-refractivity contribution is 0.472. The average molecular weight is 426 g/mol. The third-order valence-electron chi connectivity index (χ3n) is 3.51. The number of hydrogen-bond donors (Lipinski definition) is 0. The molecule has 0 spiro atoms. The van der Waals surface area contributed by atoms with E-state index in [-0.39, 0.29) is 5.82 Å². The predicted octanol–water partition coefficient (Wildman–Crippen LogP) is 5.45. The van der Waals surface area contributed by atoms with Crippen molar-refractivity contribution in [2.75, 3.05) is 13.6 Å². The molecule has 0 radical (unpaired) electrons. The number of benzene rings is 2. The van der Waals surface area contributed by atoms with E-state index < -0.39 is 0 Å². The number of rotatable bonds is 5. The second-order valence-electron chi connectivity index (χ2n) is 5.40. The van der Waals surface area contributed by atoms with Gasteiger partial charge in [-0.2, -0.15) is 0 Å². The van der Waals surface area contributed by atoms with Crippen LogP contribution in [-0.4, -0.2) is 24.8 Å². The molecule has 0 aliphatic heterocycles. The molecule has 0 aliphatic rings. The summed E-state index contributed by atoms with van der Waals surface area (Å²) in [4.78, 5) is 6.50. The fourth-order valence-electron chi connectivity index (χ4n) is 1.93. The predicted molar refractivity (Wildman–Crippen MR) is 102 cm³/mol. The number of ether oxygens (including phenoxy) is 1. The molecule has 2 rings (SSSR count). The van der Waals surface area contributed by atoms with Gasteiger partial charge in [0.15, 0.2) is 0 Å². The summed E-state index contributed by atoms with van der Waals surface area (Å²) in [6, 6.07) is 8.78. The number of aryl methyl sites for hydroxylation is 2. The molecule has 2 aromatic carbocycles. The van der Waals surface area contributed by atoms with Crippen LogP contribution in [0.15, 0.2) is 35.3 Å². The van der Waals surface area contributed by atoms with Crippen LogP contribution in [0.2, 0.25) is 0 Å². The Balaban J connectivity index is 2.25. The van der Waals surface area contributed by atoms with Crippen LogP contribution < -0.4 is 4.74 Å². The van der Waals surface area contributed by atoms with E-state index in [1.807, 2.05) is 66.9 Å². The molecule has 2 aromatic rings. The van der Waals surface area contributed by atoms with Gasteiger partial charge in [0, 0.05) is 23.2 Å². The molecule has 0 saturated carbocycles. The van der Waals surface area contributed by atoms with Crippen LogP contribution in [0.4, 0.5) is 10.1 Å². The third kappa shape index (κ3) is 4.67. The fraction of sp³-hybridized carbons (Fsp3) is 0.278. The Hall–Kier alpha value is -1.63. The first-order valence-electron chi connectivity index (χ1n) is 7.39. The van der Waals surface area contributed by atoms with E-state index >= 15 is 0 Å². The van der Waals surface area contributed by atoms with E-state index in [9.17, 15) is 4.39 Å². The zero-order valence-corrected chi connectivity index (χ0v) is 15.9. The SMILES string of the molecule is CCN(C)/C=N/c1cc(C)c(Oc2ccc(I)c(F)c2)cc1C. The Morgan fingerprint density at radius 2 is 1.96 bits per heavy atom. The van der Waals surface area contributed by atoms with Crippen LogP contribution in [0, 0.1) is 23.2 Å². The van der Waals surface area contributed by atoms with Gasteiger partial charge in [0.2, 0.25) is 0 Å². The maximum absolute atomic E-state index is 13.6. The lowest BCUT2D eigenvalue weighted by Gasteiger charge is -2.13. The van der Waals surface area contributed by atoms with Crippen molar-refractivity contribution in [3.8, 4) is 11.5 Å². The lowest BCUT2D eigenvalue weighted by Crippen LogP contribution is -2.14. The summed E-state index contributed by atoms with van der Waals surface area (Å²) in [5, 5.41) is 0. The number of nitrogens with zero attached hydrogens (tertiary/aromatic N) is 2. The quantitative estimate of drug-likeness (QED) is 0.361. The highest BCUT2D eigenvalue weighted by Gasteiger charge is 2.08. The van der Waals surface area contributed by atoms with E-state index in [0.717, 1.165) is 23.4 Å². The molecular formula is C18H20FIN2O. The van der Waals surface area contributed by atoms with Crippen molar-refractivity contribution < 1.29 is 9.13 Å². The zero-order valence-electron chi connectivity index (χ0n) is 13.7. The minimum atomic E-state index is -0.277. The van der Waals surface area contributed by atoms with E-state index in [1.54, 1.807) is 12.1 Å². The zero-order chi connectivity index (χ0) is 17.0. The van der Waals surface area contributed by atoms with Gasteiger partial charge in [-0.25, -0.2) is 9.38 Å². The van der Waals surface area contributed by atoms with Gasteiger partial charge in [-0.3, -0.25) is 0 Å². The van der Waals surface area contributed by atoms with Crippen molar-refractivity contribution in [2.45, 2.75) is 20.8 Å². The second kappa shape index (κ2) is 7.77. The molecule has 0 amide bonds. The minimum absolute atomic E-state index is 0.277. The first-order chi connectivity index (χ1) is 10.9. The Bertz CT molecular complexity index is 731. The van der Waals surface area contributed by atoms with Gasteiger partial charge in [0.1, 0.15) is 17.3 Å². The van der Waals surface area contributed by atoms with Crippen molar-refractivity contribution in [3.63, 3.8) is 0 Å². The van der Waals surface area contributed by atoms with Crippen molar-refractivity contribution in [3.05, 3.63) is 50.8 Å². The minimum Gasteiger partial charge on any atom is -0.457 e. The largest absolute Gasteiger partial charge is 0.457 e. The number of aliphatic imine (C=N–C) groups is 1. The van der Waals surface area contributed by atoms with Crippen LogP contribution in [0.25, 0.3) is 0 Å². The number of halogens is 2. The van der Waals surface area contributed by atoms with Crippen molar-refractivity contribution >= 4 is 34.6 Å². The van der Waals surface area contributed by atoms with Crippen LogP contribution >= 0.6 is 22.6 Å². The summed E-state index contributed by atoms with van der Waals surface area (Å²) in [5.74, 6) is 0.930. The lowest BCUT2D eigenvalue weighted by atomic mass is 10.1. The first kappa shape index (κ1) is 17.7. The van der Waals surface area contributed by atoms with Crippen LogP contribution in [0.1, 0.15) is 18.1 Å². The molecular weight excluding hydrogens is 406 g/mol. The van der Waals surface area contributed by atoms with Crippen molar-refractivity contribution in [2.24, 2.45) is 4.99 Å². The average Bonchev–Trinajstić information content (AvgIpc) is 2.52. The summed E-state index contributed by atoms with van der Waals surface area (Å²) in [6.45, 7) is 6.92. The van der Waals surface area contributed by atoms with Gasteiger partial charge < -0.3 is 9.64 Å². The molecule has 23 heavy (non-hydrogen) atoms. The molecule has 0 bridgehead atoms. The molecule has 0 aliphatic carbocycles. The number of hydrogen-bond acceptors (Lipinski definition) is 2. The van der Waals surface area contributed by atoms with E-state index in [0.29, 0.717) is 15.1 Å². The van der Waals surface area contributed by atoms with Crippen LogP contribution in [-0.2, 0) is 0 Å². The van der Waals surface area contributed by atoms with Crippen LogP contribution in [0.5, 0.6) is 11.5 Å². The Kier molecular flexibility index (Phi) is 5.98. The molecule has 0 fully saturated rings. The van der Waals surface area contributed by atoms with Crippen LogP contribution in [0.3, 0.4) is 0 Å². The van der Waals surface area contributed by atoms with Gasteiger partial charge in [-0.05, 0) is 78.8 Å². The van der Waals surface area contributed by atoms with Gasteiger partial charge in [-0.1, -0.05) is 0 Å². The highest BCUT2D eigenvalue weighted by Crippen LogP contribution is 2.32. The molecule has 0 heterocycles. The molecule has 0 atom stereocenters. The Morgan fingerprint density at radius 1 is 1.22 bits per heavy atom. The van der Waals surface area contributed by atoms with Crippen molar-refractivity contribution in [1.82, 2.24) is 4.90 Å². The summed E-state index contributed by atoms with van der Waals surface area (Å²) < 4.78 is 20.0. The fourth-order valence-corrected chi connectivity index (χ4v) is 2.27. The molecule has 5 heteroatoms. The Labute approximate surface area is 150 Å². The highest BCUT2D eigenvalue weighted by molar-refractivity contribution is 14.1. The first-order valence-corrected chi connectivity index (χ1v) is 8.47. The van der Waals surface area contributed by atoms with Gasteiger partial charge >= 0.3 is 0 Å². The van der Waals surface area contributed by atoms with E-state index in [4.69, 9.17) is 4.74 Å². The standard InChI is InChI=1S/C18H20FIN2O/c1-5-22(4)11-21-17-8-13(3)18(9-12(17)2)23-14-6-7-16(20)15(19)10-14/h6-11H,5H2,1-4H3/b21-11+. The maximum Gasteiger partial charge on any atom is 0.140 e. The summed E-state index contributed by atoms with van der Waals surface area (Å²) in [5.41, 5.74) is 2.88. The topological polar surface area (TPSA) is 24.8 Å². The third-order valence-corrected chi connectivity index (χ3v) is 4.38. The van der Waals surface area contributed by atoms with Crippen molar-refractivity contribution in [1.29, 1.82) is 0 Å². The molecule has 0 aromatic heterocycles. The van der Waals surface area contributed by atoms with Gasteiger partial charge in [-0.15, -0.1) is 0 Å². The summed E-state index contributed by atoms with van der Waals surface area (Å²) in [6.07, 6.45) is 1.82. The maximum atomic E-state index is 13.6. The normalized spacial score (nSPS) is 11.0. The van der Waals surface area contributed by atoms with E-state index in [1.165, 1.54) is 6.07 Å². The molecule has 0 saturated heterocycles. The molecule has 3 nitrogen and oxygen atoms in total. The molecule has 0 N–H and O–H groups in total. The van der Waals surface area contributed by atoms with E-state index in [2.05, 4.69) is 11.9 Å².